The van der Waals surface area contributed by atoms with Crippen molar-refractivity contribution in [3.63, 3.8) is 0 Å². The van der Waals surface area contributed by atoms with E-state index in [1.807, 2.05) is 19.1 Å². The second kappa shape index (κ2) is 7.97. The number of nitrogens with one attached hydrogen (secondary N) is 2. The molecule has 2 rings (SSSR count). The first-order chi connectivity index (χ1) is 12.1. The summed E-state index contributed by atoms with van der Waals surface area (Å²) in [5.41, 5.74) is 2.07. The van der Waals surface area contributed by atoms with Crippen LogP contribution in [-0.4, -0.2) is 5.91 Å². The fraction of sp³-hybridized carbons (Fsp3) is 0.0526. The maximum absolute atomic E-state index is 12.3. The van der Waals surface area contributed by atoms with Crippen LogP contribution >= 0.6 is 0 Å². The molecule has 0 heterocycles. The second-order valence-electron chi connectivity index (χ2n) is 5.11. The number of anilines is 2. The van der Waals surface area contributed by atoms with Crippen molar-refractivity contribution in [2.75, 3.05) is 10.6 Å². The van der Waals surface area contributed by atoms with Crippen molar-refractivity contribution < 1.29 is 4.79 Å². The van der Waals surface area contributed by atoms with Gasteiger partial charge in [-0.2, -0.15) is 15.8 Å². The van der Waals surface area contributed by atoms with Gasteiger partial charge >= 0.3 is 0 Å². The van der Waals surface area contributed by atoms with Crippen molar-refractivity contribution in [1.29, 1.82) is 15.8 Å². The van der Waals surface area contributed by atoms with Crippen molar-refractivity contribution in [3.05, 3.63) is 70.9 Å². The molecule has 0 atom stereocenters. The monoisotopic (exact) mass is 327 g/mol. The molecule has 2 aromatic rings. The average Bonchev–Trinajstić information content (AvgIpc) is 2.64. The van der Waals surface area contributed by atoms with Crippen LogP contribution in [-0.2, 0) is 0 Å². The van der Waals surface area contributed by atoms with Gasteiger partial charge < -0.3 is 10.6 Å². The minimum Gasteiger partial charge on any atom is -0.345 e. The van der Waals surface area contributed by atoms with Gasteiger partial charge in [-0.25, -0.2) is 0 Å². The Hall–Kier alpha value is -4.08. The van der Waals surface area contributed by atoms with E-state index in [4.69, 9.17) is 15.8 Å². The number of carbonyl (C=O) groups excluding carboxylic acids is 1. The van der Waals surface area contributed by atoms with Crippen molar-refractivity contribution in [2.24, 2.45) is 0 Å². The molecule has 0 saturated carbocycles. The fourth-order valence-corrected chi connectivity index (χ4v) is 2.01. The molecule has 0 unspecified atom stereocenters. The summed E-state index contributed by atoms with van der Waals surface area (Å²) in [6.07, 6.45) is 0. The zero-order valence-corrected chi connectivity index (χ0v) is 13.4. The Bertz CT molecular complexity index is 937. The summed E-state index contributed by atoms with van der Waals surface area (Å²) < 4.78 is 0. The Labute approximate surface area is 145 Å². The number of amides is 1. The van der Waals surface area contributed by atoms with Crippen LogP contribution in [0.1, 0.15) is 15.9 Å². The van der Waals surface area contributed by atoms with Gasteiger partial charge in [0.1, 0.15) is 23.9 Å². The van der Waals surface area contributed by atoms with Crippen molar-refractivity contribution in [2.45, 2.75) is 6.92 Å². The SMILES string of the molecule is Cc1ccc(NC(=O)c2cccc(NC(C#N)=C(C#N)C#N)c2)cc1. The number of allylic oxidation sites excluding steroid dienone is 2. The highest BCUT2D eigenvalue weighted by Gasteiger charge is 2.09. The maximum atomic E-state index is 12.3. The van der Waals surface area contributed by atoms with Crippen LogP contribution in [0.25, 0.3) is 0 Å². The van der Waals surface area contributed by atoms with Gasteiger partial charge in [-0.15, -0.1) is 0 Å². The number of rotatable bonds is 4. The van der Waals surface area contributed by atoms with E-state index in [1.165, 1.54) is 6.07 Å². The van der Waals surface area contributed by atoms with Crippen LogP contribution in [0.4, 0.5) is 11.4 Å². The van der Waals surface area contributed by atoms with Crippen molar-refractivity contribution in [3.8, 4) is 18.2 Å². The highest BCUT2D eigenvalue weighted by Crippen LogP contribution is 2.16. The molecular formula is C19H13N5O. The standard InChI is InChI=1S/C19H13N5O/c1-13-5-7-16(8-6-13)24-19(25)14-3-2-4-17(9-14)23-18(12-22)15(10-20)11-21/h2-9,23H,1H3,(H,24,25). The van der Waals surface area contributed by atoms with Crippen LogP contribution in [0, 0.1) is 40.9 Å². The van der Waals surface area contributed by atoms with Gasteiger partial charge in [0.2, 0.25) is 0 Å². The smallest absolute Gasteiger partial charge is 0.255 e. The van der Waals surface area contributed by atoms with Crippen LogP contribution in [0.15, 0.2) is 59.8 Å². The van der Waals surface area contributed by atoms with E-state index in [0.717, 1.165) is 5.56 Å². The largest absolute Gasteiger partial charge is 0.345 e. The third-order valence-electron chi connectivity index (χ3n) is 3.29. The van der Waals surface area contributed by atoms with Gasteiger partial charge in [0.15, 0.2) is 5.57 Å². The average molecular weight is 327 g/mol. The summed E-state index contributed by atoms with van der Waals surface area (Å²) in [4.78, 5) is 12.3. The molecule has 0 aliphatic rings. The number of nitrogens with zero attached hydrogens (tertiary/aromatic N) is 3. The van der Waals surface area contributed by atoms with Crippen molar-refractivity contribution >= 4 is 17.3 Å². The number of hydrogen-bond acceptors (Lipinski definition) is 5. The van der Waals surface area contributed by atoms with Gasteiger partial charge in [0, 0.05) is 16.9 Å². The first kappa shape index (κ1) is 17.3. The van der Waals surface area contributed by atoms with Crippen LogP contribution < -0.4 is 10.6 Å². The number of hydrogen-bond donors (Lipinski definition) is 2. The lowest BCUT2D eigenvalue weighted by molar-refractivity contribution is 0.102. The van der Waals surface area contributed by atoms with E-state index >= 15 is 0 Å². The third-order valence-corrected chi connectivity index (χ3v) is 3.29. The second-order valence-corrected chi connectivity index (χ2v) is 5.11. The molecule has 0 fully saturated rings. The molecule has 6 nitrogen and oxygen atoms in total. The number of aryl methyl sites for hydroxylation is 1. The Kier molecular flexibility index (Phi) is 5.50. The predicted octanol–water partition coefficient (Wildman–Crippen LogP) is 3.48. The topological polar surface area (TPSA) is 112 Å². The van der Waals surface area contributed by atoms with Gasteiger partial charge in [-0.1, -0.05) is 23.8 Å². The summed E-state index contributed by atoms with van der Waals surface area (Å²) in [5, 5.41) is 32.2. The zero-order chi connectivity index (χ0) is 18.2. The van der Waals surface area contributed by atoms with E-state index in [9.17, 15) is 4.79 Å². The molecule has 25 heavy (non-hydrogen) atoms. The summed E-state index contributed by atoms with van der Waals surface area (Å²) in [6, 6.07) is 18.9. The molecule has 0 aromatic heterocycles. The van der Waals surface area contributed by atoms with Gasteiger partial charge in [-0.05, 0) is 37.3 Å². The van der Waals surface area contributed by atoms with Crippen LogP contribution in [0.2, 0.25) is 0 Å². The minimum atomic E-state index is -0.322. The fourth-order valence-electron chi connectivity index (χ4n) is 2.01. The Morgan fingerprint density at radius 1 is 0.880 bits per heavy atom. The molecule has 0 spiro atoms. The molecule has 2 aromatic carbocycles. The van der Waals surface area contributed by atoms with E-state index in [0.29, 0.717) is 16.9 Å². The first-order valence-electron chi connectivity index (χ1n) is 7.27. The molecule has 0 saturated heterocycles. The molecule has 1 amide bonds. The first-order valence-corrected chi connectivity index (χ1v) is 7.27. The summed E-state index contributed by atoms with van der Waals surface area (Å²) in [5.74, 6) is -0.309. The van der Waals surface area contributed by atoms with Gasteiger partial charge in [-0.3, -0.25) is 4.79 Å². The molecular weight excluding hydrogens is 314 g/mol. The Balaban J connectivity index is 2.21. The van der Waals surface area contributed by atoms with E-state index in [1.54, 1.807) is 48.5 Å². The highest BCUT2D eigenvalue weighted by molar-refractivity contribution is 6.04. The van der Waals surface area contributed by atoms with Gasteiger partial charge in [0.05, 0.1) is 0 Å². The number of benzene rings is 2. The lowest BCUT2D eigenvalue weighted by Crippen LogP contribution is -2.12. The summed E-state index contributed by atoms with van der Waals surface area (Å²) in [6.45, 7) is 1.96. The van der Waals surface area contributed by atoms with Gasteiger partial charge in [0.25, 0.3) is 5.91 Å². The lowest BCUT2D eigenvalue weighted by atomic mass is 10.1. The highest BCUT2D eigenvalue weighted by atomic mass is 16.1. The third kappa shape index (κ3) is 4.45. The zero-order valence-electron chi connectivity index (χ0n) is 13.4. The Morgan fingerprint density at radius 3 is 2.16 bits per heavy atom. The maximum Gasteiger partial charge on any atom is 0.255 e. The van der Waals surface area contributed by atoms with Crippen LogP contribution in [0.5, 0.6) is 0 Å². The molecule has 120 valence electrons. The summed E-state index contributed by atoms with van der Waals surface area (Å²) >= 11 is 0. The van der Waals surface area contributed by atoms with E-state index < -0.39 is 0 Å². The molecule has 6 heteroatoms. The quantitative estimate of drug-likeness (QED) is 0.835. The molecule has 0 aliphatic carbocycles. The van der Waals surface area contributed by atoms with E-state index in [2.05, 4.69) is 10.6 Å². The molecule has 0 radical (unpaired) electrons. The summed E-state index contributed by atoms with van der Waals surface area (Å²) in [7, 11) is 0. The van der Waals surface area contributed by atoms with Crippen molar-refractivity contribution in [1.82, 2.24) is 0 Å². The predicted molar refractivity (Wildman–Crippen MR) is 93.1 cm³/mol. The molecule has 2 N–H and O–H groups in total. The number of carbonyl (C=O) groups is 1. The van der Waals surface area contributed by atoms with Crippen LogP contribution in [0.3, 0.4) is 0 Å². The molecule has 0 bridgehead atoms. The normalized spacial score (nSPS) is 9.04. The Morgan fingerprint density at radius 2 is 1.56 bits per heavy atom. The number of nitriles is 3. The lowest BCUT2D eigenvalue weighted by Gasteiger charge is -2.08. The van der Waals surface area contributed by atoms with E-state index in [-0.39, 0.29) is 17.2 Å². The minimum absolute atomic E-state index is 0.166. The molecule has 0 aliphatic heterocycles.